The van der Waals surface area contributed by atoms with Crippen molar-refractivity contribution in [2.24, 2.45) is 11.8 Å². The summed E-state index contributed by atoms with van der Waals surface area (Å²) >= 11 is 0. The molecule has 1 amide bonds. The summed E-state index contributed by atoms with van der Waals surface area (Å²) in [5.74, 6) is 1.51. The second kappa shape index (κ2) is 8.34. The van der Waals surface area contributed by atoms with Crippen molar-refractivity contribution >= 4 is 27.8 Å². The molecule has 0 bridgehead atoms. The van der Waals surface area contributed by atoms with Crippen LogP contribution in [0.1, 0.15) is 33.1 Å². The maximum atomic E-state index is 13.1. The van der Waals surface area contributed by atoms with Gasteiger partial charge in [-0.15, -0.1) is 0 Å². The van der Waals surface area contributed by atoms with Crippen LogP contribution in [0.5, 0.6) is 5.75 Å². The van der Waals surface area contributed by atoms with Crippen LogP contribution in [-0.2, 0) is 6.54 Å². The number of aromatic nitrogens is 2. The summed E-state index contributed by atoms with van der Waals surface area (Å²) in [4.78, 5) is 28.4. The maximum absolute atomic E-state index is 13.1. The molecule has 1 aliphatic carbocycles. The van der Waals surface area contributed by atoms with E-state index in [4.69, 9.17) is 9.84 Å². The van der Waals surface area contributed by atoms with E-state index in [9.17, 15) is 9.59 Å². The summed E-state index contributed by atoms with van der Waals surface area (Å²) in [5, 5.41) is 14.1. The molecule has 158 valence electrons. The van der Waals surface area contributed by atoms with Crippen LogP contribution in [0.25, 0.3) is 21.7 Å². The van der Waals surface area contributed by atoms with Gasteiger partial charge in [0.15, 0.2) is 0 Å². The van der Waals surface area contributed by atoms with Crippen LogP contribution >= 0.6 is 0 Å². The predicted molar refractivity (Wildman–Crippen MR) is 116 cm³/mol. The lowest BCUT2D eigenvalue weighted by atomic mass is 10.0. The first-order chi connectivity index (χ1) is 14.4. The average molecular weight is 409 g/mol. The highest BCUT2D eigenvalue weighted by atomic mass is 16.5. The highest BCUT2D eigenvalue weighted by Crippen LogP contribution is 2.33. The average Bonchev–Trinajstić information content (AvgIpc) is 3.52. The molecule has 0 aliphatic heterocycles. The maximum Gasteiger partial charge on any atom is 0.404 e. The number of pyridine rings is 2. The molecule has 2 N–H and O–H groups in total. The zero-order valence-corrected chi connectivity index (χ0v) is 17.3. The summed E-state index contributed by atoms with van der Waals surface area (Å²) < 4.78 is 7.79. The van der Waals surface area contributed by atoms with Crippen molar-refractivity contribution in [3.63, 3.8) is 0 Å². The van der Waals surface area contributed by atoms with Crippen LogP contribution < -0.4 is 15.6 Å². The van der Waals surface area contributed by atoms with Gasteiger partial charge in [0, 0.05) is 30.4 Å². The molecule has 1 atom stereocenters. The van der Waals surface area contributed by atoms with Gasteiger partial charge >= 0.3 is 6.09 Å². The van der Waals surface area contributed by atoms with E-state index in [2.05, 4.69) is 10.3 Å². The predicted octanol–water partition coefficient (Wildman–Crippen LogP) is 4.02. The normalized spacial score (nSPS) is 14.9. The Labute approximate surface area is 174 Å². The number of carboxylic acid groups (broad SMARTS) is 1. The van der Waals surface area contributed by atoms with Crippen molar-refractivity contribution in [3.8, 4) is 5.75 Å². The largest absolute Gasteiger partial charge is 0.491 e. The lowest BCUT2D eigenvalue weighted by molar-refractivity contribution is 0.176. The highest BCUT2D eigenvalue weighted by Gasteiger charge is 2.24. The molecule has 2 heterocycles. The topological polar surface area (TPSA) is 93.5 Å². The Morgan fingerprint density at radius 3 is 2.77 bits per heavy atom. The minimum atomic E-state index is -1.05. The molecule has 0 saturated heterocycles. The van der Waals surface area contributed by atoms with Crippen molar-refractivity contribution in [1.82, 2.24) is 14.9 Å². The molecule has 0 spiro atoms. The van der Waals surface area contributed by atoms with Crippen LogP contribution in [0.4, 0.5) is 4.79 Å². The van der Waals surface area contributed by atoms with E-state index >= 15 is 0 Å². The lowest BCUT2D eigenvalue weighted by Gasteiger charge is -2.20. The van der Waals surface area contributed by atoms with Crippen molar-refractivity contribution < 1.29 is 14.6 Å². The zero-order valence-electron chi connectivity index (χ0n) is 17.3. The van der Waals surface area contributed by atoms with E-state index in [1.807, 2.05) is 42.7 Å². The van der Waals surface area contributed by atoms with Crippen LogP contribution in [-0.4, -0.2) is 33.4 Å². The number of fused-ring (bicyclic) bond motifs is 3. The number of ether oxygens (including phenoxy) is 1. The summed E-state index contributed by atoms with van der Waals surface area (Å²) in [6.07, 6.45) is 5.26. The summed E-state index contributed by atoms with van der Waals surface area (Å²) in [6.45, 7) is 5.02. The van der Waals surface area contributed by atoms with E-state index in [1.165, 1.54) is 0 Å². The third kappa shape index (κ3) is 4.40. The molecule has 1 unspecified atom stereocenters. The Balaban J connectivity index is 1.69. The molecule has 1 aromatic carbocycles. The van der Waals surface area contributed by atoms with Gasteiger partial charge in [-0.1, -0.05) is 13.8 Å². The Morgan fingerprint density at radius 1 is 1.27 bits per heavy atom. The molecular weight excluding hydrogens is 382 g/mol. The first-order valence-electron chi connectivity index (χ1n) is 10.4. The molecule has 3 aromatic rings. The molecule has 1 aliphatic rings. The number of carbonyl (C=O) groups is 1. The SMILES string of the molecule is CC(C)CC(COc1ccc2c3ccncc3c(=O)n(CC3CC3)c2c1)NC(=O)O. The van der Waals surface area contributed by atoms with Crippen LogP contribution in [0, 0.1) is 11.8 Å². The highest BCUT2D eigenvalue weighted by molar-refractivity contribution is 6.05. The molecule has 30 heavy (non-hydrogen) atoms. The van der Waals surface area contributed by atoms with Gasteiger partial charge in [0.25, 0.3) is 5.56 Å². The minimum Gasteiger partial charge on any atom is -0.491 e. The fourth-order valence-electron chi connectivity index (χ4n) is 3.96. The van der Waals surface area contributed by atoms with Gasteiger partial charge in [0.2, 0.25) is 0 Å². The van der Waals surface area contributed by atoms with Gasteiger partial charge < -0.3 is 19.7 Å². The van der Waals surface area contributed by atoms with E-state index in [0.29, 0.717) is 35.9 Å². The van der Waals surface area contributed by atoms with Gasteiger partial charge in [-0.25, -0.2) is 4.79 Å². The minimum absolute atomic E-state index is 0.0279. The van der Waals surface area contributed by atoms with E-state index < -0.39 is 6.09 Å². The second-order valence-electron chi connectivity index (χ2n) is 8.55. The van der Waals surface area contributed by atoms with Crippen molar-refractivity contribution in [3.05, 3.63) is 47.0 Å². The number of hydrogen-bond donors (Lipinski definition) is 2. The molecule has 1 fully saturated rings. The number of benzene rings is 1. The van der Waals surface area contributed by atoms with Crippen LogP contribution in [0.15, 0.2) is 41.5 Å². The number of nitrogens with zero attached hydrogens (tertiary/aromatic N) is 2. The molecule has 4 rings (SSSR count). The third-order valence-corrected chi connectivity index (χ3v) is 5.52. The first-order valence-corrected chi connectivity index (χ1v) is 10.4. The summed E-state index contributed by atoms with van der Waals surface area (Å²) in [6, 6.07) is 7.32. The molecule has 7 heteroatoms. The standard InChI is InChI=1S/C23H27N3O4/c1-14(2)9-16(25-23(28)29)13-30-17-5-6-19-18-7-8-24-11-20(18)22(27)26(21(19)10-17)12-15-3-4-15/h5-8,10-11,14-16,25H,3-4,9,12-13H2,1-2H3,(H,28,29). The number of amides is 1. The summed E-state index contributed by atoms with van der Waals surface area (Å²) in [7, 11) is 0. The van der Waals surface area contributed by atoms with Crippen LogP contribution in [0.2, 0.25) is 0 Å². The van der Waals surface area contributed by atoms with Crippen molar-refractivity contribution in [2.75, 3.05) is 6.61 Å². The lowest BCUT2D eigenvalue weighted by Crippen LogP contribution is -2.39. The Morgan fingerprint density at radius 2 is 2.07 bits per heavy atom. The van der Waals surface area contributed by atoms with E-state index in [1.54, 1.807) is 12.4 Å². The molecule has 2 aromatic heterocycles. The van der Waals surface area contributed by atoms with Gasteiger partial charge in [0.05, 0.1) is 16.9 Å². The quantitative estimate of drug-likeness (QED) is 0.548. The molecule has 1 saturated carbocycles. The number of rotatable bonds is 8. The Bertz CT molecular complexity index is 1130. The van der Waals surface area contributed by atoms with Crippen molar-refractivity contribution in [1.29, 1.82) is 0 Å². The fourth-order valence-corrected chi connectivity index (χ4v) is 3.96. The van der Waals surface area contributed by atoms with Crippen LogP contribution in [0.3, 0.4) is 0 Å². The third-order valence-electron chi connectivity index (χ3n) is 5.52. The molecular formula is C23H27N3O4. The second-order valence-corrected chi connectivity index (χ2v) is 8.55. The summed E-state index contributed by atoms with van der Waals surface area (Å²) in [5.41, 5.74) is 0.814. The van der Waals surface area contributed by atoms with Gasteiger partial charge in [-0.3, -0.25) is 9.78 Å². The van der Waals surface area contributed by atoms with Crippen molar-refractivity contribution in [2.45, 2.75) is 45.7 Å². The number of hydrogen-bond acceptors (Lipinski definition) is 4. The monoisotopic (exact) mass is 409 g/mol. The molecule has 7 nitrogen and oxygen atoms in total. The Kier molecular flexibility index (Phi) is 5.61. The van der Waals surface area contributed by atoms with Gasteiger partial charge in [-0.2, -0.15) is 0 Å². The van der Waals surface area contributed by atoms with E-state index in [0.717, 1.165) is 29.1 Å². The van der Waals surface area contributed by atoms with Gasteiger partial charge in [-0.05, 0) is 54.7 Å². The Hall–Kier alpha value is -3.09. The van der Waals surface area contributed by atoms with E-state index in [-0.39, 0.29) is 18.2 Å². The first kappa shape index (κ1) is 20.2. The fraction of sp³-hybridized carbons (Fsp3) is 0.435. The van der Waals surface area contributed by atoms with Gasteiger partial charge in [0.1, 0.15) is 12.4 Å². The zero-order chi connectivity index (χ0) is 21.3. The number of nitrogens with one attached hydrogen (secondary N) is 1. The molecule has 0 radical (unpaired) electrons. The smallest absolute Gasteiger partial charge is 0.404 e.